The van der Waals surface area contributed by atoms with Gasteiger partial charge in [-0.1, -0.05) is 11.6 Å². The number of rotatable bonds is 4. The Bertz CT molecular complexity index is 709. The zero-order chi connectivity index (χ0) is 15.6. The highest BCUT2D eigenvalue weighted by Gasteiger charge is 2.15. The van der Waals surface area contributed by atoms with Crippen LogP contribution in [-0.4, -0.2) is 26.8 Å². The Morgan fingerprint density at radius 1 is 1.38 bits per heavy atom. The van der Waals surface area contributed by atoms with Crippen LogP contribution in [0.4, 0.5) is 5.69 Å². The standard InChI is InChI=1S/C14H14ClN3O3/c1-3-18-12(6-8(2)17-18)13(19)16-9-4-5-11(15)10(7-9)14(20)21/h4-7H,3H2,1-2H3,(H,16,19)(H,20,21). The molecule has 2 aromatic rings. The fourth-order valence-electron chi connectivity index (χ4n) is 1.93. The summed E-state index contributed by atoms with van der Waals surface area (Å²) in [4.78, 5) is 23.2. The number of aromatic carboxylic acids is 1. The first-order valence-electron chi connectivity index (χ1n) is 6.31. The molecule has 7 heteroatoms. The summed E-state index contributed by atoms with van der Waals surface area (Å²) in [5.74, 6) is -1.50. The Hall–Kier alpha value is -2.34. The van der Waals surface area contributed by atoms with Gasteiger partial charge in [-0.25, -0.2) is 4.79 Å². The summed E-state index contributed by atoms with van der Waals surface area (Å²) in [6.45, 7) is 4.25. The second-order valence-electron chi connectivity index (χ2n) is 4.44. The lowest BCUT2D eigenvalue weighted by Gasteiger charge is -2.08. The maximum atomic E-state index is 12.2. The van der Waals surface area contributed by atoms with Crippen LogP contribution in [-0.2, 0) is 6.54 Å². The number of benzene rings is 1. The predicted octanol–water partition coefficient (Wildman–Crippen LogP) is 2.82. The van der Waals surface area contributed by atoms with Crippen LogP contribution in [0.15, 0.2) is 24.3 Å². The van der Waals surface area contributed by atoms with Crippen molar-refractivity contribution in [2.75, 3.05) is 5.32 Å². The minimum absolute atomic E-state index is 0.0605. The van der Waals surface area contributed by atoms with Crippen molar-refractivity contribution in [2.45, 2.75) is 20.4 Å². The van der Waals surface area contributed by atoms with Crippen molar-refractivity contribution in [3.63, 3.8) is 0 Å². The van der Waals surface area contributed by atoms with E-state index in [9.17, 15) is 9.59 Å². The van der Waals surface area contributed by atoms with Crippen LogP contribution in [0.3, 0.4) is 0 Å². The SMILES string of the molecule is CCn1nc(C)cc1C(=O)Nc1ccc(Cl)c(C(=O)O)c1. The Kier molecular flexibility index (Phi) is 4.28. The van der Waals surface area contributed by atoms with Gasteiger partial charge in [-0.05, 0) is 38.1 Å². The Labute approximate surface area is 126 Å². The quantitative estimate of drug-likeness (QED) is 0.909. The van der Waals surface area contributed by atoms with Crippen LogP contribution in [0.1, 0.15) is 33.5 Å². The van der Waals surface area contributed by atoms with Gasteiger partial charge in [0.1, 0.15) is 5.69 Å². The van der Waals surface area contributed by atoms with Crippen LogP contribution in [0.25, 0.3) is 0 Å². The highest BCUT2D eigenvalue weighted by atomic mass is 35.5. The molecule has 21 heavy (non-hydrogen) atoms. The minimum Gasteiger partial charge on any atom is -0.478 e. The van der Waals surface area contributed by atoms with Gasteiger partial charge < -0.3 is 10.4 Å². The number of nitrogens with zero attached hydrogens (tertiary/aromatic N) is 2. The summed E-state index contributed by atoms with van der Waals surface area (Å²) in [5.41, 5.74) is 1.46. The Morgan fingerprint density at radius 3 is 2.71 bits per heavy atom. The van der Waals surface area contributed by atoms with Gasteiger partial charge in [-0.3, -0.25) is 9.48 Å². The highest BCUT2D eigenvalue weighted by Crippen LogP contribution is 2.21. The lowest BCUT2D eigenvalue weighted by Crippen LogP contribution is -2.17. The molecule has 2 N–H and O–H groups in total. The van der Waals surface area contributed by atoms with E-state index in [1.165, 1.54) is 12.1 Å². The summed E-state index contributed by atoms with van der Waals surface area (Å²) in [6.07, 6.45) is 0. The van der Waals surface area contributed by atoms with Gasteiger partial charge in [-0.2, -0.15) is 5.10 Å². The number of aryl methyl sites for hydroxylation is 2. The summed E-state index contributed by atoms with van der Waals surface area (Å²) in [7, 11) is 0. The monoisotopic (exact) mass is 307 g/mol. The third kappa shape index (κ3) is 3.22. The molecule has 0 atom stereocenters. The number of carboxylic acid groups (broad SMARTS) is 1. The number of hydrogen-bond acceptors (Lipinski definition) is 3. The zero-order valence-corrected chi connectivity index (χ0v) is 12.3. The number of nitrogens with one attached hydrogen (secondary N) is 1. The fraction of sp³-hybridized carbons (Fsp3) is 0.214. The van der Waals surface area contributed by atoms with Crippen molar-refractivity contribution in [1.82, 2.24) is 9.78 Å². The smallest absolute Gasteiger partial charge is 0.337 e. The van der Waals surface area contributed by atoms with Crippen LogP contribution in [0.2, 0.25) is 5.02 Å². The van der Waals surface area contributed by atoms with E-state index in [4.69, 9.17) is 16.7 Å². The summed E-state index contributed by atoms with van der Waals surface area (Å²) in [5, 5.41) is 16.0. The molecule has 0 radical (unpaired) electrons. The van der Waals surface area contributed by atoms with Crippen LogP contribution >= 0.6 is 11.6 Å². The highest BCUT2D eigenvalue weighted by molar-refractivity contribution is 6.33. The summed E-state index contributed by atoms with van der Waals surface area (Å²) < 4.78 is 1.58. The van der Waals surface area contributed by atoms with Crippen molar-refractivity contribution in [3.05, 3.63) is 46.2 Å². The number of amides is 1. The average Bonchev–Trinajstić information content (AvgIpc) is 2.82. The van der Waals surface area contributed by atoms with Gasteiger partial charge in [0.15, 0.2) is 0 Å². The van der Waals surface area contributed by atoms with Crippen molar-refractivity contribution in [2.24, 2.45) is 0 Å². The first-order chi connectivity index (χ1) is 9.92. The van der Waals surface area contributed by atoms with Crippen molar-refractivity contribution < 1.29 is 14.7 Å². The Balaban J connectivity index is 2.27. The normalized spacial score (nSPS) is 10.4. The topological polar surface area (TPSA) is 84.2 Å². The van der Waals surface area contributed by atoms with Gasteiger partial charge in [0, 0.05) is 12.2 Å². The molecule has 0 bridgehead atoms. The molecule has 110 valence electrons. The fourth-order valence-corrected chi connectivity index (χ4v) is 2.13. The summed E-state index contributed by atoms with van der Waals surface area (Å²) >= 11 is 5.79. The van der Waals surface area contributed by atoms with Crippen molar-refractivity contribution in [3.8, 4) is 0 Å². The van der Waals surface area contributed by atoms with E-state index in [-0.39, 0.29) is 16.5 Å². The van der Waals surface area contributed by atoms with E-state index in [1.54, 1.807) is 23.7 Å². The van der Waals surface area contributed by atoms with Crippen molar-refractivity contribution in [1.29, 1.82) is 0 Å². The minimum atomic E-state index is -1.15. The molecule has 6 nitrogen and oxygen atoms in total. The molecule has 0 aliphatic rings. The molecule has 2 rings (SSSR count). The number of anilines is 1. The molecule has 0 spiro atoms. The number of aromatic nitrogens is 2. The zero-order valence-electron chi connectivity index (χ0n) is 11.6. The lowest BCUT2D eigenvalue weighted by molar-refractivity contribution is 0.0696. The third-order valence-electron chi connectivity index (χ3n) is 2.89. The Morgan fingerprint density at radius 2 is 2.10 bits per heavy atom. The molecular formula is C14H14ClN3O3. The molecule has 0 aliphatic heterocycles. The molecule has 1 amide bonds. The number of carbonyl (C=O) groups excluding carboxylic acids is 1. The second-order valence-corrected chi connectivity index (χ2v) is 4.85. The molecule has 0 aliphatic carbocycles. The summed E-state index contributed by atoms with van der Waals surface area (Å²) in [6, 6.07) is 5.98. The molecule has 0 fully saturated rings. The number of halogens is 1. The predicted molar refractivity (Wildman–Crippen MR) is 79.0 cm³/mol. The van der Waals surface area contributed by atoms with E-state index < -0.39 is 5.97 Å². The lowest BCUT2D eigenvalue weighted by atomic mass is 10.2. The van der Waals surface area contributed by atoms with E-state index in [1.807, 2.05) is 6.92 Å². The largest absolute Gasteiger partial charge is 0.478 e. The molecule has 1 aromatic carbocycles. The van der Waals surface area contributed by atoms with E-state index in [0.29, 0.717) is 17.9 Å². The molecule has 1 aromatic heterocycles. The maximum absolute atomic E-state index is 12.2. The number of hydrogen-bond donors (Lipinski definition) is 2. The van der Waals surface area contributed by atoms with Crippen LogP contribution in [0, 0.1) is 6.92 Å². The van der Waals surface area contributed by atoms with Crippen molar-refractivity contribution >= 4 is 29.2 Å². The molecule has 0 saturated heterocycles. The maximum Gasteiger partial charge on any atom is 0.337 e. The number of carboxylic acids is 1. The average molecular weight is 308 g/mol. The number of carbonyl (C=O) groups is 2. The van der Waals surface area contributed by atoms with Gasteiger partial charge in [0.05, 0.1) is 16.3 Å². The van der Waals surface area contributed by atoms with Gasteiger partial charge >= 0.3 is 5.97 Å². The second kappa shape index (κ2) is 5.97. The van der Waals surface area contributed by atoms with Crippen LogP contribution in [0.5, 0.6) is 0 Å². The van der Waals surface area contributed by atoms with E-state index in [2.05, 4.69) is 10.4 Å². The van der Waals surface area contributed by atoms with Gasteiger partial charge in [0.25, 0.3) is 5.91 Å². The first-order valence-corrected chi connectivity index (χ1v) is 6.68. The third-order valence-corrected chi connectivity index (χ3v) is 3.22. The van der Waals surface area contributed by atoms with E-state index >= 15 is 0 Å². The first kappa shape index (κ1) is 15.1. The van der Waals surface area contributed by atoms with E-state index in [0.717, 1.165) is 5.69 Å². The molecule has 1 heterocycles. The van der Waals surface area contributed by atoms with Gasteiger partial charge in [0.2, 0.25) is 0 Å². The molecule has 0 unspecified atom stereocenters. The van der Waals surface area contributed by atoms with Crippen LogP contribution < -0.4 is 5.32 Å². The molecule has 0 saturated carbocycles. The molecular weight excluding hydrogens is 294 g/mol. The van der Waals surface area contributed by atoms with Gasteiger partial charge in [-0.15, -0.1) is 0 Å².